The normalized spacial score (nSPS) is 13.3. The van der Waals surface area contributed by atoms with E-state index in [-0.39, 0.29) is 11.9 Å². The summed E-state index contributed by atoms with van der Waals surface area (Å²) in [5, 5.41) is 3.02. The molecule has 2 atom stereocenters. The van der Waals surface area contributed by atoms with Crippen LogP contribution in [0.2, 0.25) is 0 Å². The number of carbonyl (C=O) groups excluding carboxylic acids is 1. The lowest BCUT2D eigenvalue weighted by atomic mass is 10.0. The molecule has 0 aliphatic rings. The molecule has 2 aromatic carbocycles. The molecule has 0 bridgehead atoms. The molecular weight excluding hydrogens is 286 g/mol. The van der Waals surface area contributed by atoms with Gasteiger partial charge in [0.1, 0.15) is 5.75 Å². The molecule has 3 heteroatoms. The number of amides is 1. The van der Waals surface area contributed by atoms with Crippen LogP contribution in [0.1, 0.15) is 42.1 Å². The quantitative estimate of drug-likeness (QED) is 0.896. The molecular formula is C20H25NO2. The third kappa shape index (κ3) is 4.59. The largest absolute Gasteiger partial charge is 0.481 e. The second-order valence-corrected chi connectivity index (χ2v) is 6.16. The number of ether oxygens (including phenoxy) is 1. The van der Waals surface area contributed by atoms with Crippen molar-refractivity contribution in [2.45, 2.75) is 46.8 Å². The van der Waals surface area contributed by atoms with E-state index in [4.69, 9.17) is 4.74 Å². The molecule has 3 nitrogen and oxygen atoms in total. The minimum atomic E-state index is -0.536. The van der Waals surface area contributed by atoms with E-state index in [9.17, 15) is 4.79 Å². The number of aryl methyl sites for hydroxylation is 3. The van der Waals surface area contributed by atoms with E-state index < -0.39 is 6.10 Å². The zero-order chi connectivity index (χ0) is 17.0. The molecule has 2 rings (SSSR count). The summed E-state index contributed by atoms with van der Waals surface area (Å²) in [5.74, 6) is 0.593. The Morgan fingerprint density at radius 3 is 2.17 bits per heavy atom. The smallest absolute Gasteiger partial charge is 0.261 e. The topological polar surface area (TPSA) is 38.3 Å². The summed E-state index contributed by atoms with van der Waals surface area (Å²) in [4.78, 5) is 12.3. The third-order valence-corrected chi connectivity index (χ3v) is 3.95. The lowest BCUT2D eigenvalue weighted by molar-refractivity contribution is -0.127. The Labute approximate surface area is 138 Å². The molecule has 23 heavy (non-hydrogen) atoms. The van der Waals surface area contributed by atoms with Gasteiger partial charge in [0.25, 0.3) is 5.91 Å². The van der Waals surface area contributed by atoms with Crippen molar-refractivity contribution in [2.24, 2.45) is 0 Å². The van der Waals surface area contributed by atoms with Crippen LogP contribution in [0.3, 0.4) is 0 Å². The molecule has 0 aliphatic heterocycles. The molecule has 0 fully saturated rings. The van der Waals surface area contributed by atoms with Gasteiger partial charge in [-0.15, -0.1) is 0 Å². The lowest BCUT2D eigenvalue weighted by Gasteiger charge is -2.20. The van der Waals surface area contributed by atoms with Crippen molar-refractivity contribution in [3.63, 3.8) is 0 Å². The van der Waals surface area contributed by atoms with E-state index in [1.54, 1.807) is 6.92 Å². The first-order valence-corrected chi connectivity index (χ1v) is 7.97. The molecule has 0 saturated carbocycles. The van der Waals surface area contributed by atoms with Gasteiger partial charge in [0.15, 0.2) is 6.10 Å². The van der Waals surface area contributed by atoms with Crippen molar-refractivity contribution in [3.8, 4) is 5.75 Å². The molecule has 1 N–H and O–H groups in total. The highest BCUT2D eigenvalue weighted by molar-refractivity contribution is 5.81. The van der Waals surface area contributed by atoms with Crippen LogP contribution in [-0.4, -0.2) is 12.0 Å². The summed E-state index contributed by atoms with van der Waals surface area (Å²) < 4.78 is 5.71. The van der Waals surface area contributed by atoms with Gasteiger partial charge in [0.05, 0.1) is 6.04 Å². The van der Waals surface area contributed by atoms with Crippen LogP contribution >= 0.6 is 0 Å². The minimum Gasteiger partial charge on any atom is -0.481 e. The molecule has 0 heterocycles. The molecule has 0 unspecified atom stereocenters. The van der Waals surface area contributed by atoms with E-state index >= 15 is 0 Å². The van der Waals surface area contributed by atoms with Crippen molar-refractivity contribution in [3.05, 3.63) is 64.7 Å². The summed E-state index contributed by atoms with van der Waals surface area (Å²) in [5.41, 5.74) is 4.70. The van der Waals surface area contributed by atoms with Crippen molar-refractivity contribution in [1.82, 2.24) is 5.32 Å². The second kappa shape index (κ2) is 7.32. The molecule has 0 saturated heterocycles. The summed E-state index contributed by atoms with van der Waals surface area (Å²) in [6, 6.07) is 13.9. The van der Waals surface area contributed by atoms with Crippen LogP contribution in [-0.2, 0) is 4.79 Å². The zero-order valence-corrected chi connectivity index (χ0v) is 14.5. The van der Waals surface area contributed by atoms with Gasteiger partial charge >= 0.3 is 0 Å². The zero-order valence-electron chi connectivity index (χ0n) is 14.5. The van der Waals surface area contributed by atoms with E-state index in [0.717, 1.165) is 11.1 Å². The van der Waals surface area contributed by atoms with Gasteiger partial charge in [-0.2, -0.15) is 0 Å². The van der Waals surface area contributed by atoms with Crippen LogP contribution in [0.25, 0.3) is 0 Å². The lowest BCUT2D eigenvalue weighted by Crippen LogP contribution is -2.37. The minimum absolute atomic E-state index is 0.0489. The van der Waals surface area contributed by atoms with Crippen LogP contribution in [0, 0.1) is 20.8 Å². The Morgan fingerprint density at radius 1 is 0.957 bits per heavy atom. The summed E-state index contributed by atoms with van der Waals surface area (Å²) in [6.45, 7) is 9.91. The number of carbonyl (C=O) groups is 1. The number of hydrogen-bond acceptors (Lipinski definition) is 2. The van der Waals surface area contributed by atoms with Gasteiger partial charge < -0.3 is 10.1 Å². The van der Waals surface area contributed by atoms with Crippen molar-refractivity contribution < 1.29 is 9.53 Å². The van der Waals surface area contributed by atoms with Gasteiger partial charge in [-0.1, -0.05) is 41.5 Å². The number of hydrogen-bond donors (Lipinski definition) is 1. The summed E-state index contributed by atoms with van der Waals surface area (Å²) in [7, 11) is 0. The molecule has 1 amide bonds. The molecule has 2 aromatic rings. The predicted octanol–water partition coefficient (Wildman–Crippen LogP) is 4.26. The first-order valence-electron chi connectivity index (χ1n) is 7.97. The van der Waals surface area contributed by atoms with Crippen molar-refractivity contribution in [1.29, 1.82) is 0 Å². The summed E-state index contributed by atoms with van der Waals surface area (Å²) >= 11 is 0. The van der Waals surface area contributed by atoms with Gasteiger partial charge in [-0.3, -0.25) is 4.79 Å². The van der Waals surface area contributed by atoms with Gasteiger partial charge in [-0.05, 0) is 57.9 Å². The molecule has 122 valence electrons. The monoisotopic (exact) mass is 311 g/mol. The fourth-order valence-electron chi connectivity index (χ4n) is 2.59. The van der Waals surface area contributed by atoms with Crippen LogP contribution in [0.15, 0.2) is 42.5 Å². The molecule has 0 spiro atoms. The van der Waals surface area contributed by atoms with E-state index in [1.807, 2.05) is 38.1 Å². The fourth-order valence-corrected chi connectivity index (χ4v) is 2.59. The van der Waals surface area contributed by atoms with Crippen molar-refractivity contribution in [2.75, 3.05) is 0 Å². The molecule has 0 aromatic heterocycles. The van der Waals surface area contributed by atoms with Gasteiger partial charge in [0, 0.05) is 0 Å². The van der Waals surface area contributed by atoms with Gasteiger partial charge in [0.2, 0.25) is 0 Å². The number of nitrogens with one attached hydrogen (secondary N) is 1. The highest BCUT2D eigenvalue weighted by Gasteiger charge is 2.18. The molecule has 0 radical (unpaired) electrons. The molecule has 0 aliphatic carbocycles. The van der Waals surface area contributed by atoms with E-state index in [1.165, 1.54) is 11.1 Å². The van der Waals surface area contributed by atoms with E-state index in [0.29, 0.717) is 5.75 Å². The Morgan fingerprint density at radius 2 is 1.57 bits per heavy atom. The van der Waals surface area contributed by atoms with Crippen LogP contribution in [0.4, 0.5) is 0 Å². The maximum absolute atomic E-state index is 12.3. The maximum atomic E-state index is 12.3. The Bertz CT molecular complexity index is 677. The Hall–Kier alpha value is -2.29. The Kier molecular flexibility index (Phi) is 5.43. The van der Waals surface area contributed by atoms with Crippen molar-refractivity contribution >= 4 is 5.91 Å². The van der Waals surface area contributed by atoms with Gasteiger partial charge in [-0.25, -0.2) is 0 Å². The average Bonchev–Trinajstić information content (AvgIpc) is 2.49. The average molecular weight is 311 g/mol. The second-order valence-electron chi connectivity index (χ2n) is 6.16. The first kappa shape index (κ1) is 17.1. The number of benzene rings is 2. The first-order chi connectivity index (χ1) is 10.9. The van der Waals surface area contributed by atoms with Crippen LogP contribution < -0.4 is 10.1 Å². The third-order valence-electron chi connectivity index (χ3n) is 3.95. The van der Waals surface area contributed by atoms with E-state index in [2.05, 4.69) is 37.4 Å². The number of rotatable bonds is 5. The SMILES string of the molecule is Cc1ccc(O[C@@H](C)C(=O)N[C@H](C)c2ccc(C)cc2C)cc1. The predicted molar refractivity (Wildman–Crippen MR) is 93.7 cm³/mol. The van der Waals surface area contributed by atoms with Crippen LogP contribution in [0.5, 0.6) is 5.75 Å². The maximum Gasteiger partial charge on any atom is 0.261 e. The highest BCUT2D eigenvalue weighted by atomic mass is 16.5. The summed E-state index contributed by atoms with van der Waals surface area (Å²) in [6.07, 6.45) is -0.536. The standard InChI is InChI=1S/C20H25NO2/c1-13-6-9-18(10-7-13)23-17(5)20(22)21-16(4)19-11-8-14(2)12-15(19)3/h6-12,16-17H,1-5H3,(H,21,22)/t16-,17+/m1/s1. The highest BCUT2D eigenvalue weighted by Crippen LogP contribution is 2.19. The Balaban J connectivity index is 1.98. The fraction of sp³-hybridized carbons (Fsp3) is 0.350.